The molecule has 1 aliphatic carbocycles. The van der Waals surface area contributed by atoms with Gasteiger partial charge in [-0.25, -0.2) is 0 Å². The molecule has 0 unspecified atom stereocenters. The second kappa shape index (κ2) is 8.43. The van der Waals surface area contributed by atoms with Gasteiger partial charge in [0.2, 0.25) is 5.91 Å². The minimum Gasteiger partial charge on any atom is -0.342 e. The van der Waals surface area contributed by atoms with Gasteiger partial charge in [-0.3, -0.25) is 14.7 Å². The van der Waals surface area contributed by atoms with Crippen LogP contribution in [0.3, 0.4) is 0 Å². The molecule has 0 saturated carbocycles. The van der Waals surface area contributed by atoms with E-state index >= 15 is 0 Å². The highest BCUT2D eigenvalue weighted by Gasteiger charge is 2.27. The van der Waals surface area contributed by atoms with E-state index in [9.17, 15) is 4.79 Å². The second-order valence-electron chi connectivity index (χ2n) is 7.13. The Labute approximate surface area is 145 Å². The Hall–Kier alpha value is -1.68. The lowest BCUT2D eigenvalue weighted by Gasteiger charge is -2.28. The number of aromatic nitrogens is 1. The Balaban J connectivity index is 1.52. The monoisotopic (exact) mass is 327 g/mol. The fraction of sp³-hybridized carbons (Fsp3) is 0.600. The van der Waals surface area contributed by atoms with Crippen molar-refractivity contribution in [1.82, 2.24) is 14.8 Å². The average molecular weight is 327 g/mol. The molecule has 0 bridgehead atoms. The fourth-order valence-corrected chi connectivity index (χ4v) is 3.89. The first-order chi connectivity index (χ1) is 11.7. The minimum absolute atomic E-state index is 0.220. The van der Waals surface area contributed by atoms with E-state index in [4.69, 9.17) is 0 Å². The summed E-state index contributed by atoms with van der Waals surface area (Å²) in [6.45, 7) is 2.70. The molecule has 0 N–H and O–H groups in total. The molecule has 1 aliphatic heterocycles. The summed E-state index contributed by atoms with van der Waals surface area (Å²) in [4.78, 5) is 21.7. The summed E-state index contributed by atoms with van der Waals surface area (Å²) in [6.07, 6.45) is 12.6. The van der Waals surface area contributed by atoms with Gasteiger partial charge in [-0.1, -0.05) is 18.2 Å². The third kappa shape index (κ3) is 4.44. The standard InChI is InChI=1S/C20H29N3O/c1-22(16-18-10-5-6-13-21-18)19-11-7-14-23(15-12-19)20(24)17-8-3-2-4-9-17/h2-3,5-6,10,13,17,19H,4,7-9,11-12,14-16H2,1H3/t17-,19+/m0/s1. The van der Waals surface area contributed by atoms with Crippen molar-refractivity contribution in [3.05, 3.63) is 42.2 Å². The Morgan fingerprint density at radius 1 is 1.25 bits per heavy atom. The van der Waals surface area contributed by atoms with Gasteiger partial charge in [-0.2, -0.15) is 0 Å². The highest BCUT2D eigenvalue weighted by molar-refractivity contribution is 5.79. The molecule has 2 atom stereocenters. The molecular weight excluding hydrogens is 298 g/mol. The van der Waals surface area contributed by atoms with Gasteiger partial charge in [0, 0.05) is 37.8 Å². The normalized spacial score (nSPS) is 24.8. The molecule has 0 radical (unpaired) electrons. The molecule has 1 amide bonds. The molecule has 130 valence electrons. The SMILES string of the molecule is CN(Cc1ccccn1)[C@@H]1CCCN(C(=O)[C@H]2CC=CCC2)CC1. The summed E-state index contributed by atoms with van der Waals surface area (Å²) >= 11 is 0. The summed E-state index contributed by atoms with van der Waals surface area (Å²) in [5.41, 5.74) is 1.12. The van der Waals surface area contributed by atoms with Crippen LogP contribution in [0.25, 0.3) is 0 Å². The number of allylic oxidation sites excluding steroid dienone is 2. The van der Waals surface area contributed by atoms with Gasteiger partial charge < -0.3 is 4.90 Å². The topological polar surface area (TPSA) is 36.4 Å². The van der Waals surface area contributed by atoms with Crippen molar-refractivity contribution in [2.45, 2.75) is 51.1 Å². The Morgan fingerprint density at radius 3 is 2.92 bits per heavy atom. The number of pyridine rings is 1. The summed E-state index contributed by atoms with van der Waals surface area (Å²) in [6, 6.07) is 6.62. The predicted octanol–water partition coefficient (Wildman–Crippen LogP) is 3.25. The third-order valence-corrected chi connectivity index (χ3v) is 5.39. The van der Waals surface area contributed by atoms with Crippen LogP contribution in [-0.2, 0) is 11.3 Å². The molecular formula is C20H29N3O. The van der Waals surface area contributed by atoms with Crippen LogP contribution in [0.4, 0.5) is 0 Å². The zero-order chi connectivity index (χ0) is 16.8. The van der Waals surface area contributed by atoms with Gasteiger partial charge in [0.25, 0.3) is 0 Å². The molecule has 1 aromatic rings. The zero-order valence-corrected chi connectivity index (χ0v) is 14.7. The van der Waals surface area contributed by atoms with E-state index in [0.717, 1.165) is 63.9 Å². The van der Waals surface area contributed by atoms with Crippen LogP contribution in [0, 0.1) is 5.92 Å². The summed E-state index contributed by atoms with van der Waals surface area (Å²) in [5.74, 6) is 0.602. The van der Waals surface area contributed by atoms with Crippen LogP contribution in [0.2, 0.25) is 0 Å². The number of rotatable bonds is 4. The van der Waals surface area contributed by atoms with Crippen molar-refractivity contribution < 1.29 is 4.79 Å². The van der Waals surface area contributed by atoms with Crippen molar-refractivity contribution in [2.24, 2.45) is 5.92 Å². The van der Waals surface area contributed by atoms with Crippen molar-refractivity contribution in [3.8, 4) is 0 Å². The number of likely N-dealkylation sites (tertiary alicyclic amines) is 1. The second-order valence-corrected chi connectivity index (χ2v) is 7.13. The van der Waals surface area contributed by atoms with Gasteiger partial charge in [-0.15, -0.1) is 0 Å². The molecule has 4 nitrogen and oxygen atoms in total. The van der Waals surface area contributed by atoms with Crippen LogP contribution < -0.4 is 0 Å². The highest BCUT2D eigenvalue weighted by atomic mass is 16.2. The number of carbonyl (C=O) groups excluding carboxylic acids is 1. The first-order valence-electron chi connectivity index (χ1n) is 9.28. The summed E-state index contributed by atoms with van der Waals surface area (Å²) < 4.78 is 0. The van der Waals surface area contributed by atoms with E-state index in [2.05, 4.69) is 40.0 Å². The molecule has 3 rings (SSSR count). The average Bonchev–Trinajstić information content (AvgIpc) is 2.89. The predicted molar refractivity (Wildman–Crippen MR) is 96.4 cm³/mol. The third-order valence-electron chi connectivity index (χ3n) is 5.39. The zero-order valence-electron chi connectivity index (χ0n) is 14.7. The molecule has 0 spiro atoms. The first kappa shape index (κ1) is 17.2. The van der Waals surface area contributed by atoms with Crippen molar-refractivity contribution in [2.75, 3.05) is 20.1 Å². The lowest BCUT2D eigenvalue weighted by molar-refractivity contribution is -0.135. The van der Waals surface area contributed by atoms with Gasteiger partial charge in [0.1, 0.15) is 0 Å². The lowest BCUT2D eigenvalue weighted by atomic mass is 9.93. The van der Waals surface area contributed by atoms with Crippen LogP contribution in [-0.4, -0.2) is 46.9 Å². The Morgan fingerprint density at radius 2 is 2.17 bits per heavy atom. The van der Waals surface area contributed by atoms with E-state index in [1.807, 2.05) is 18.3 Å². The molecule has 0 aromatic carbocycles. The van der Waals surface area contributed by atoms with Gasteiger partial charge in [-0.05, 0) is 57.7 Å². The molecule has 1 fully saturated rings. The van der Waals surface area contributed by atoms with Crippen molar-refractivity contribution in [1.29, 1.82) is 0 Å². The summed E-state index contributed by atoms with van der Waals surface area (Å²) in [5, 5.41) is 0. The van der Waals surface area contributed by atoms with E-state index in [1.54, 1.807) is 0 Å². The molecule has 1 saturated heterocycles. The first-order valence-corrected chi connectivity index (χ1v) is 9.28. The molecule has 4 heteroatoms. The summed E-state index contributed by atoms with van der Waals surface area (Å²) in [7, 11) is 2.18. The van der Waals surface area contributed by atoms with Crippen LogP contribution in [0.5, 0.6) is 0 Å². The quantitative estimate of drug-likeness (QED) is 0.797. The number of carbonyl (C=O) groups is 1. The van der Waals surface area contributed by atoms with Gasteiger partial charge >= 0.3 is 0 Å². The molecule has 1 aromatic heterocycles. The number of hydrogen-bond acceptors (Lipinski definition) is 3. The van der Waals surface area contributed by atoms with Crippen LogP contribution in [0.1, 0.15) is 44.2 Å². The molecule has 2 aliphatic rings. The minimum atomic E-state index is 0.220. The largest absolute Gasteiger partial charge is 0.342 e. The Bertz CT molecular complexity index is 557. The van der Waals surface area contributed by atoms with Crippen molar-refractivity contribution >= 4 is 5.91 Å². The molecule has 2 heterocycles. The maximum atomic E-state index is 12.7. The number of hydrogen-bond donors (Lipinski definition) is 0. The Kier molecular flexibility index (Phi) is 6.02. The maximum Gasteiger partial charge on any atom is 0.226 e. The number of nitrogens with zero attached hydrogens (tertiary/aromatic N) is 3. The van der Waals surface area contributed by atoms with Gasteiger partial charge in [0.15, 0.2) is 0 Å². The smallest absolute Gasteiger partial charge is 0.226 e. The van der Waals surface area contributed by atoms with Crippen LogP contribution >= 0.6 is 0 Å². The van der Waals surface area contributed by atoms with Gasteiger partial charge in [0.05, 0.1) is 5.69 Å². The lowest BCUT2D eigenvalue weighted by Crippen LogP contribution is -2.38. The van der Waals surface area contributed by atoms with Crippen molar-refractivity contribution in [3.63, 3.8) is 0 Å². The van der Waals surface area contributed by atoms with Crippen LogP contribution in [0.15, 0.2) is 36.5 Å². The maximum absolute atomic E-state index is 12.7. The van der Waals surface area contributed by atoms with E-state index in [-0.39, 0.29) is 5.92 Å². The van der Waals surface area contributed by atoms with E-state index in [0.29, 0.717) is 11.9 Å². The molecule has 24 heavy (non-hydrogen) atoms. The highest BCUT2D eigenvalue weighted by Crippen LogP contribution is 2.23. The number of amides is 1. The van der Waals surface area contributed by atoms with E-state index < -0.39 is 0 Å². The fourth-order valence-electron chi connectivity index (χ4n) is 3.89. The van der Waals surface area contributed by atoms with E-state index in [1.165, 1.54) is 0 Å².